The van der Waals surface area contributed by atoms with E-state index in [9.17, 15) is 13.6 Å². The standard InChI is InChI=1S/C19H21F2NO2S/c20-19(21)25-17-9-6-15(7-10-17)13-22-16(8-11-18(23)24)12-14-4-2-1-3-5-14/h1-7,9-10,16,19,22H,8,11-13H2,(H,23,24). The van der Waals surface area contributed by atoms with Crippen molar-refractivity contribution in [2.24, 2.45) is 0 Å². The molecule has 0 radical (unpaired) electrons. The van der Waals surface area contributed by atoms with Gasteiger partial charge in [0.05, 0.1) is 0 Å². The van der Waals surface area contributed by atoms with E-state index in [2.05, 4.69) is 5.32 Å². The molecule has 1 unspecified atom stereocenters. The monoisotopic (exact) mass is 365 g/mol. The SMILES string of the molecule is O=C(O)CCC(Cc1ccccc1)NCc1ccc(SC(F)F)cc1. The van der Waals surface area contributed by atoms with Crippen molar-refractivity contribution in [2.45, 2.75) is 42.5 Å². The predicted molar refractivity (Wildman–Crippen MR) is 95.9 cm³/mol. The molecule has 2 N–H and O–H groups in total. The van der Waals surface area contributed by atoms with E-state index in [1.807, 2.05) is 42.5 Å². The Morgan fingerprint density at radius 3 is 2.32 bits per heavy atom. The molecule has 6 heteroatoms. The first-order chi connectivity index (χ1) is 12.0. The molecule has 2 aromatic carbocycles. The molecule has 0 fully saturated rings. The fourth-order valence-electron chi connectivity index (χ4n) is 2.52. The molecular formula is C19H21F2NO2S. The number of hydrogen-bond acceptors (Lipinski definition) is 3. The second-order valence-electron chi connectivity index (χ2n) is 5.72. The van der Waals surface area contributed by atoms with Crippen LogP contribution >= 0.6 is 11.8 Å². The highest BCUT2D eigenvalue weighted by Gasteiger charge is 2.12. The summed E-state index contributed by atoms with van der Waals surface area (Å²) in [6.07, 6.45) is 1.38. The highest BCUT2D eigenvalue weighted by molar-refractivity contribution is 7.99. The Morgan fingerprint density at radius 1 is 1.04 bits per heavy atom. The lowest BCUT2D eigenvalue weighted by atomic mass is 10.0. The smallest absolute Gasteiger partial charge is 0.303 e. The maximum absolute atomic E-state index is 12.3. The third-order valence-corrected chi connectivity index (χ3v) is 4.50. The molecule has 0 aliphatic rings. The van der Waals surface area contributed by atoms with Gasteiger partial charge in [0.1, 0.15) is 0 Å². The molecule has 1 atom stereocenters. The Hall–Kier alpha value is -1.92. The molecule has 134 valence electrons. The van der Waals surface area contributed by atoms with Crippen molar-refractivity contribution in [3.05, 3.63) is 65.7 Å². The minimum atomic E-state index is -2.42. The molecule has 0 aliphatic heterocycles. The van der Waals surface area contributed by atoms with Gasteiger partial charge in [-0.3, -0.25) is 4.79 Å². The molecule has 2 rings (SSSR count). The van der Waals surface area contributed by atoms with E-state index < -0.39 is 11.7 Å². The van der Waals surface area contributed by atoms with Gasteiger partial charge in [0, 0.05) is 23.9 Å². The van der Waals surface area contributed by atoms with Gasteiger partial charge in [-0.15, -0.1) is 0 Å². The Labute approximate surface area is 150 Å². The van der Waals surface area contributed by atoms with Crippen LogP contribution < -0.4 is 5.32 Å². The number of nitrogens with one attached hydrogen (secondary N) is 1. The molecule has 3 nitrogen and oxygen atoms in total. The van der Waals surface area contributed by atoms with E-state index in [0.717, 1.165) is 17.5 Å². The first-order valence-corrected chi connectivity index (χ1v) is 8.94. The maximum Gasteiger partial charge on any atom is 0.303 e. The number of rotatable bonds is 10. The fourth-order valence-corrected chi connectivity index (χ4v) is 3.02. The number of benzene rings is 2. The summed E-state index contributed by atoms with van der Waals surface area (Å²) in [5, 5.41) is 12.3. The second kappa shape index (κ2) is 10.2. The minimum absolute atomic E-state index is 0.0358. The first kappa shape index (κ1) is 19.4. The molecule has 0 bridgehead atoms. The molecule has 0 heterocycles. The van der Waals surface area contributed by atoms with Crippen molar-refractivity contribution in [3.8, 4) is 0 Å². The van der Waals surface area contributed by atoms with Crippen LogP contribution in [0.3, 0.4) is 0 Å². The molecule has 0 aliphatic carbocycles. The zero-order chi connectivity index (χ0) is 18.1. The zero-order valence-corrected chi connectivity index (χ0v) is 14.5. The van der Waals surface area contributed by atoms with Crippen LogP contribution in [0.5, 0.6) is 0 Å². The van der Waals surface area contributed by atoms with Gasteiger partial charge in [0.2, 0.25) is 0 Å². The van der Waals surface area contributed by atoms with Gasteiger partial charge < -0.3 is 10.4 Å². The van der Waals surface area contributed by atoms with Gasteiger partial charge in [0.15, 0.2) is 0 Å². The number of carboxylic acid groups (broad SMARTS) is 1. The van der Waals surface area contributed by atoms with Crippen molar-refractivity contribution in [1.82, 2.24) is 5.32 Å². The molecule has 25 heavy (non-hydrogen) atoms. The van der Waals surface area contributed by atoms with Crippen LogP contribution in [0.15, 0.2) is 59.5 Å². The normalized spacial score (nSPS) is 12.3. The van der Waals surface area contributed by atoms with Crippen LogP contribution in [-0.2, 0) is 17.8 Å². The fraction of sp³-hybridized carbons (Fsp3) is 0.316. The summed E-state index contributed by atoms with van der Waals surface area (Å²) in [4.78, 5) is 11.4. The molecule has 0 saturated carbocycles. The van der Waals surface area contributed by atoms with Gasteiger partial charge in [-0.1, -0.05) is 54.2 Å². The van der Waals surface area contributed by atoms with Gasteiger partial charge in [0.25, 0.3) is 5.76 Å². The van der Waals surface area contributed by atoms with Crippen LogP contribution in [0, 0.1) is 0 Å². The number of carboxylic acids is 1. The Bertz CT molecular complexity index is 650. The average molecular weight is 365 g/mol. The maximum atomic E-state index is 12.3. The van der Waals surface area contributed by atoms with Crippen molar-refractivity contribution < 1.29 is 18.7 Å². The van der Waals surface area contributed by atoms with Crippen LogP contribution in [0.25, 0.3) is 0 Å². The lowest BCUT2D eigenvalue weighted by molar-refractivity contribution is -0.137. The van der Waals surface area contributed by atoms with Gasteiger partial charge in [-0.2, -0.15) is 8.78 Å². The molecule has 0 spiro atoms. The van der Waals surface area contributed by atoms with Gasteiger partial charge in [-0.25, -0.2) is 0 Å². The average Bonchev–Trinajstić information content (AvgIpc) is 2.59. The number of thioether (sulfide) groups is 1. The number of hydrogen-bond donors (Lipinski definition) is 2. The summed E-state index contributed by atoms with van der Waals surface area (Å²) in [5.74, 6) is -3.23. The number of aliphatic carboxylic acids is 1. The topological polar surface area (TPSA) is 49.3 Å². The summed E-state index contributed by atoms with van der Waals surface area (Å²) < 4.78 is 24.7. The van der Waals surface area contributed by atoms with Gasteiger partial charge in [-0.05, 0) is 36.1 Å². The molecule has 0 saturated heterocycles. The highest BCUT2D eigenvalue weighted by atomic mass is 32.2. The van der Waals surface area contributed by atoms with Crippen LogP contribution in [-0.4, -0.2) is 22.9 Å². The predicted octanol–water partition coefficient (Wildman–Crippen LogP) is 4.57. The summed E-state index contributed by atoms with van der Waals surface area (Å²) in [5.41, 5.74) is 2.13. The highest BCUT2D eigenvalue weighted by Crippen LogP contribution is 2.25. The third-order valence-electron chi connectivity index (χ3n) is 3.77. The quantitative estimate of drug-likeness (QED) is 0.606. The van der Waals surface area contributed by atoms with E-state index in [4.69, 9.17) is 5.11 Å². The first-order valence-electron chi connectivity index (χ1n) is 8.06. The van der Waals surface area contributed by atoms with Crippen molar-refractivity contribution >= 4 is 17.7 Å². The third kappa shape index (κ3) is 7.67. The molecular weight excluding hydrogens is 344 g/mol. The largest absolute Gasteiger partial charge is 0.481 e. The molecule has 0 amide bonds. The van der Waals surface area contributed by atoms with E-state index >= 15 is 0 Å². The van der Waals surface area contributed by atoms with Crippen molar-refractivity contribution in [1.29, 1.82) is 0 Å². The summed E-state index contributed by atoms with van der Waals surface area (Å²) in [7, 11) is 0. The summed E-state index contributed by atoms with van der Waals surface area (Å²) >= 11 is 0.526. The van der Waals surface area contributed by atoms with Crippen LogP contribution in [0.1, 0.15) is 24.0 Å². The summed E-state index contributed by atoms with van der Waals surface area (Å²) in [6, 6.07) is 16.9. The minimum Gasteiger partial charge on any atom is -0.481 e. The van der Waals surface area contributed by atoms with E-state index in [1.54, 1.807) is 12.1 Å². The number of carbonyl (C=O) groups is 1. The Morgan fingerprint density at radius 2 is 1.72 bits per heavy atom. The molecule has 2 aromatic rings. The van der Waals surface area contributed by atoms with Crippen LogP contribution in [0.2, 0.25) is 0 Å². The lowest BCUT2D eigenvalue weighted by Crippen LogP contribution is -2.31. The van der Waals surface area contributed by atoms with E-state index in [1.165, 1.54) is 0 Å². The molecule has 0 aromatic heterocycles. The van der Waals surface area contributed by atoms with E-state index in [0.29, 0.717) is 29.6 Å². The van der Waals surface area contributed by atoms with Crippen molar-refractivity contribution in [2.75, 3.05) is 0 Å². The van der Waals surface area contributed by atoms with Crippen LogP contribution in [0.4, 0.5) is 8.78 Å². The summed E-state index contributed by atoms with van der Waals surface area (Å²) in [6.45, 7) is 0.566. The number of halogens is 2. The second-order valence-corrected chi connectivity index (χ2v) is 6.79. The number of alkyl halides is 2. The van der Waals surface area contributed by atoms with Gasteiger partial charge >= 0.3 is 5.97 Å². The Kier molecular flexibility index (Phi) is 7.88. The van der Waals surface area contributed by atoms with Crippen molar-refractivity contribution in [3.63, 3.8) is 0 Å². The lowest BCUT2D eigenvalue weighted by Gasteiger charge is -2.18. The zero-order valence-electron chi connectivity index (χ0n) is 13.7. The van der Waals surface area contributed by atoms with E-state index in [-0.39, 0.29) is 12.5 Å². The Balaban J connectivity index is 1.92.